The van der Waals surface area contributed by atoms with E-state index in [1.807, 2.05) is 18.2 Å². The van der Waals surface area contributed by atoms with Crippen molar-refractivity contribution >= 4 is 0 Å². The largest absolute Gasteiger partial charge is 0.486 e. The van der Waals surface area contributed by atoms with E-state index < -0.39 is 42.9 Å². The Morgan fingerprint density at radius 3 is 1.98 bits per heavy atom. The zero-order valence-corrected chi connectivity index (χ0v) is 28.6. The number of aliphatic hydroxyl groups excluding tert-OH is 2. The molecule has 0 saturated carbocycles. The number of hydrogen-bond acceptors (Lipinski definition) is 9. The SMILES string of the molecule is CCCCO[C@@H]1[C@@H](OCCCC)C(OC)(c2ccc(CC)c(Cc3ccc4c(c3)OCCO4)c2)OC(CO)(CO)[C@H]1OCCCC. The van der Waals surface area contributed by atoms with E-state index in [9.17, 15) is 10.2 Å². The van der Waals surface area contributed by atoms with Crippen molar-refractivity contribution in [2.45, 2.75) is 109 Å². The van der Waals surface area contributed by atoms with Gasteiger partial charge in [-0.05, 0) is 67.0 Å². The van der Waals surface area contributed by atoms with Crippen LogP contribution < -0.4 is 9.47 Å². The second-order valence-electron chi connectivity index (χ2n) is 12.3. The third-order valence-corrected chi connectivity index (χ3v) is 9.07. The van der Waals surface area contributed by atoms with Gasteiger partial charge in [0, 0.05) is 32.5 Å². The van der Waals surface area contributed by atoms with Gasteiger partial charge in [-0.25, -0.2) is 0 Å². The highest BCUT2D eigenvalue weighted by molar-refractivity contribution is 5.46. The maximum Gasteiger partial charge on any atom is 0.225 e. The molecule has 1 fully saturated rings. The molecule has 0 amide bonds. The predicted molar refractivity (Wildman–Crippen MR) is 177 cm³/mol. The van der Waals surface area contributed by atoms with Crippen molar-refractivity contribution < 1.29 is 43.4 Å². The maximum atomic E-state index is 10.9. The molecule has 0 radical (unpaired) electrons. The number of ether oxygens (including phenoxy) is 7. The molecule has 4 atom stereocenters. The molecule has 0 bridgehead atoms. The molecule has 46 heavy (non-hydrogen) atoms. The van der Waals surface area contributed by atoms with Gasteiger partial charge in [-0.2, -0.15) is 0 Å². The average molecular weight is 645 g/mol. The summed E-state index contributed by atoms with van der Waals surface area (Å²) >= 11 is 0. The van der Waals surface area contributed by atoms with Crippen molar-refractivity contribution in [2.24, 2.45) is 0 Å². The second-order valence-corrected chi connectivity index (χ2v) is 12.3. The molecule has 9 nitrogen and oxygen atoms in total. The smallest absolute Gasteiger partial charge is 0.225 e. The summed E-state index contributed by atoms with van der Waals surface area (Å²) < 4.78 is 44.6. The first-order chi connectivity index (χ1) is 22.4. The van der Waals surface area contributed by atoms with E-state index in [-0.39, 0.29) is 0 Å². The Balaban J connectivity index is 1.82. The average Bonchev–Trinajstić information content (AvgIpc) is 3.09. The highest BCUT2D eigenvalue weighted by Gasteiger charge is 2.64. The topological polar surface area (TPSA) is 105 Å². The Morgan fingerprint density at radius 1 is 0.739 bits per heavy atom. The first-order valence-corrected chi connectivity index (χ1v) is 17.3. The molecule has 258 valence electrons. The van der Waals surface area contributed by atoms with Gasteiger partial charge >= 0.3 is 0 Å². The summed E-state index contributed by atoms with van der Waals surface area (Å²) in [5.41, 5.74) is 2.60. The van der Waals surface area contributed by atoms with E-state index in [0.717, 1.165) is 73.1 Å². The lowest BCUT2D eigenvalue weighted by molar-refractivity contribution is -0.414. The number of aliphatic hydroxyl groups is 2. The van der Waals surface area contributed by atoms with Crippen molar-refractivity contribution in [2.75, 3.05) is 53.4 Å². The van der Waals surface area contributed by atoms with Crippen molar-refractivity contribution in [1.82, 2.24) is 0 Å². The number of fused-ring (bicyclic) bond motifs is 1. The first-order valence-electron chi connectivity index (χ1n) is 17.3. The van der Waals surface area contributed by atoms with Gasteiger partial charge in [-0.1, -0.05) is 65.2 Å². The number of rotatable bonds is 19. The first kappa shape index (κ1) is 36.6. The standard InChI is InChI=1S/C37H56O9/c1-6-10-17-43-33-34(44-18-11-7-2)36(25-38,26-39)46-37(40-5,35(33)45-19-12-8-3)30-15-14-28(9-4)29(24-30)22-27-13-16-31-32(23-27)42-21-20-41-31/h13-16,23-24,33-35,38-39H,6-12,17-22,25-26H2,1-5H3/t33-,34-,35+,37?/m0/s1. The number of aryl methyl sites for hydroxylation is 1. The summed E-state index contributed by atoms with van der Waals surface area (Å²) in [5, 5.41) is 21.8. The number of methoxy groups -OCH3 is 1. The van der Waals surface area contributed by atoms with Crippen LogP contribution in [0.3, 0.4) is 0 Å². The third kappa shape index (κ3) is 8.06. The molecule has 2 aromatic rings. The van der Waals surface area contributed by atoms with E-state index in [2.05, 4.69) is 45.9 Å². The maximum absolute atomic E-state index is 10.9. The highest BCUT2D eigenvalue weighted by Crippen LogP contribution is 2.47. The van der Waals surface area contributed by atoms with Crippen LogP contribution in [0.25, 0.3) is 0 Å². The second kappa shape index (κ2) is 17.8. The lowest BCUT2D eigenvalue weighted by atomic mass is 9.80. The van der Waals surface area contributed by atoms with Crippen LogP contribution in [0.4, 0.5) is 0 Å². The van der Waals surface area contributed by atoms with Gasteiger partial charge in [0.15, 0.2) is 11.5 Å². The third-order valence-electron chi connectivity index (χ3n) is 9.07. The molecule has 9 heteroatoms. The monoisotopic (exact) mass is 644 g/mol. The summed E-state index contributed by atoms with van der Waals surface area (Å²) in [6.07, 6.45) is 4.64. The summed E-state index contributed by atoms with van der Waals surface area (Å²) in [7, 11) is 1.59. The molecule has 1 unspecified atom stereocenters. The number of benzene rings is 2. The van der Waals surface area contributed by atoms with Crippen LogP contribution in [0.2, 0.25) is 0 Å². The van der Waals surface area contributed by atoms with Crippen LogP contribution >= 0.6 is 0 Å². The molecule has 2 aromatic carbocycles. The summed E-state index contributed by atoms with van der Waals surface area (Å²) in [5.74, 6) is 0.00644. The van der Waals surface area contributed by atoms with Crippen LogP contribution in [0.5, 0.6) is 11.5 Å². The minimum Gasteiger partial charge on any atom is -0.486 e. The Morgan fingerprint density at radius 2 is 1.37 bits per heavy atom. The van der Waals surface area contributed by atoms with Gasteiger partial charge in [0.2, 0.25) is 5.79 Å². The summed E-state index contributed by atoms with van der Waals surface area (Å²) in [6.45, 7) is 9.94. The molecular formula is C37H56O9. The number of unbranched alkanes of at least 4 members (excludes halogenated alkanes) is 3. The van der Waals surface area contributed by atoms with Gasteiger partial charge in [-0.15, -0.1) is 0 Å². The van der Waals surface area contributed by atoms with Crippen molar-refractivity contribution in [3.05, 3.63) is 58.7 Å². The molecule has 0 aromatic heterocycles. The zero-order valence-electron chi connectivity index (χ0n) is 28.6. The molecule has 4 rings (SSSR count). The van der Waals surface area contributed by atoms with Crippen LogP contribution in [0, 0.1) is 0 Å². The Hall–Kier alpha value is -2.24. The van der Waals surface area contributed by atoms with E-state index >= 15 is 0 Å². The van der Waals surface area contributed by atoms with Gasteiger partial charge in [0.25, 0.3) is 0 Å². The Bertz CT molecular complexity index is 1200. The fourth-order valence-corrected chi connectivity index (χ4v) is 6.35. The molecule has 2 heterocycles. The van der Waals surface area contributed by atoms with Crippen LogP contribution in [-0.2, 0) is 42.3 Å². The molecule has 2 aliphatic rings. The van der Waals surface area contributed by atoms with E-state index in [1.165, 1.54) is 5.56 Å². The van der Waals surface area contributed by atoms with Crippen LogP contribution in [0.15, 0.2) is 36.4 Å². The quantitative estimate of drug-likeness (QED) is 0.186. The van der Waals surface area contributed by atoms with E-state index in [1.54, 1.807) is 7.11 Å². The van der Waals surface area contributed by atoms with Gasteiger partial charge < -0.3 is 43.4 Å². The summed E-state index contributed by atoms with van der Waals surface area (Å²) in [4.78, 5) is 0. The number of hydrogen-bond donors (Lipinski definition) is 2. The van der Waals surface area contributed by atoms with Crippen molar-refractivity contribution in [3.8, 4) is 11.5 Å². The molecular weight excluding hydrogens is 588 g/mol. The normalized spacial score (nSPS) is 23.8. The molecule has 0 aliphatic carbocycles. The molecule has 2 aliphatic heterocycles. The fourth-order valence-electron chi connectivity index (χ4n) is 6.35. The summed E-state index contributed by atoms with van der Waals surface area (Å²) in [6, 6.07) is 12.3. The van der Waals surface area contributed by atoms with Crippen molar-refractivity contribution in [1.29, 1.82) is 0 Å². The highest BCUT2D eigenvalue weighted by atomic mass is 16.7. The molecule has 1 saturated heterocycles. The lowest BCUT2D eigenvalue weighted by Crippen LogP contribution is -2.73. The van der Waals surface area contributed by atoms with E-state index in [0.29, 0.717) is 39.5 Å². The van der Waals surface area contributed by atoms with Gasteiger partial charge in [-0.3, -0.25) is 0 Å². The van der Waals surface area contributed by atoms with Crippen molar-refractivity contribution in [3.63, 3.8) is 0 Å². The van der Waals surface area contributed by atoms with Gasteiger partial charge in [0.05, 0.1) is 13.2 Å². The fraction of sp³-hybridized carbons (Fsp3) is 0.676. The Kier molecular flexibility index (Phi) is 14.1. The Labute approximate surface area is 275 Å². The minimum absolute atomic E-state index is 0.437. The van der Waals surface area contributed by atoms with Crippen LogP contribution in [0.1, 0.15) is 88.5 Å². The predicted octanol–water partition coefficient (Wildman–Crippen LogP) is 5.72. The van der Waals surface area contributed by atoms with Gasteiger partial charge in [0.1, 0.15) is 37.1 Å². The van der Waals surface area contributed by atoms with E-state index in [4.69, 9.17) is 33.2 Å². The molecule has 2 N–H and O–H groups in total. The lowest BCUT2D eigenvalue weighted by Gasteiger charge is -2.56. The van der Waals surface area contributed by atoms with Crippen LogP contribution in [-0.4, -0.2) is 87.5 Å². The molecule has 0 spiro atoms. The zero-order chi connectivity index (χ0) is 33.0. The minimum atomic E-state index is -1.51.